The predicted molar refractivity (Wildman–Crippen MR) is 72.8 cm³/mol. The molecule has 0 saturated heterocycles. The van der Waals surface area contributed by atoms with E-state index in [9.17, 15) is 13.6 Å². The van der Waals surface area contributed by atoms with E-state index in [4.69, 9.17) is 0 Å². The Hall–Kier alpha value is -1.69. The Morgan fingerprint density at radius 3 is 2.65 bits per heavy atom. The number of amides is 1. The quantitative estimate of drug-likeness (QED) is 0.837. The summed E-state index contributed by atoms with van der Waals surface area (Å²) in [6.45, 7) is 1.59. The number of para-hydroxylation sites is 1. The largest absolute Gasteiger partial charge is 0.434 e. The minimum absolute atomic E-state index is 0.0494. The van der Waals surface area contributed by atoms with Crippen LogP contribution in [0.25, 0.3) is 0 Å². The third-order valence-corrected chi connectivity index (χ3v) is 3.06. The molecule has 0 saturated carbocycles. The molecule has 1 rings (SSSR count). The average Bonchev–Trinajstić information content (AvgIpc) is 2.43. The Kier molecular flexibility index (Phi) is 6.38. The lowest BCUT2D eigenvalue weighted by molar-refractivity contribution is -0.128. The standard InChI is InChI=1S/C14H20F2N2O2/c1-4-18(3)13(19)9-17-10(2)11-7-5-6-8-12(11)20-14(15)16/h5-8,10,14,17H,4,9H2,1-3H3. The van der Waals surface area contributed by atoms with Gasteiger partial charge in [-0.05, 0) is 19.9 Å². The molecule has 0 heterocycles. The number of likely N-dealkylation sites (N-methyl/N-ethyl adjacent to an activating group) is 1. The summed E-state index contributed by atoms with van der Waals surface area (Å²) in [4.78, 5) is 13.3. The number of nitrogens with one attached hydrogen (secondary N) is 1. The first-order chi connectivity index (χ1) is 9.45. The molecular formula is C14H20F2N2O2. The van der Waals surface area contributed by atoms with Gasteiger partial charge in [-0.2, -0.15) is 8.78 Å². The van der Waals surface area contributed by atoms with Crippen LogP contribution in [-0.2, 0) is 4.79 Å². The van der Waals surface area contributed by atoms with Gasteiger partial charge < -0.3 is 15.0 Å². The van der Waals surface area contributed by atoms with Gasteiger partial charge in [-0.25, -0.2) is 0 Å². The van der Waals surface area contributed by atoms with E-state index < -0.39 is 6.61 Å². The maximum Gasteiger partial charge on any atom is 0.387 e. The van der Waals surface area contributed by atoms with Crippen molar-refractivity contribution in [2.24, 2.45) is 0 Å². The van der Waals surface area contributed by atoms with Crippen LogP contribution in [0.5, 0.6) is 5.75 Å². The number of carbonyl (C=O) groups excluding carboxylic acids is 1. The Labute approximate surface area is 117 Å². The van der Waals surface area contributed by atoms with Crippen LogP contribution in [0.15, 0.2) is 24.3 Å². The van der Waals surface area contributed by atoms with E-state index in [0.717, 1.165) is 0 Å². The van der Waals surface area contributed by atoms with Gasteiger partial charge in [-0.3, -0.25) is 4.79 Å². The molecule has 0 aromatic heterocycles. The molecule has 1 N–H and O–H groups in total. The van der Waals surface area contributed by atoms with Crippen molar-refractivity contribution in [1.82, 2.24) is 10.2 Å². The summed E-state index contributed by atoms with van der Waals surface area (Å²) in [5, 5.41) is 3.01. The molecule has 112 valence electrons. The van der Waals surface area contributed by atoms with Gasteiger partial charge in [-0.15, -0.1) is 0 Å². The van der Waals surface area contributed by atoms with E-state index in [2.05, 4.69) is 10.1 Å². The number of alkyl halides is 2. The van der Waals surface area contributed by atoms with Crippen molar-refractivity contribution in [2.75, 3.05) is 20.1 Å². The second-order valence-electron chi connectivity index (χ2n) is 4.43. The minimum Gasteiger partial charge on any atom is -0.434 e. The summed E-state index contributed by atoms with van der Waals surface area (Å²) < 4.78 is 29.1. The van der Waals surface area contributed by atoms with Gasteiger partial charge >= 0.3 is 6.61 Å². The topological polar surface area (TPSA) is 41.6 Å². The molecule has 4 nitrogen and oxygen atoms in total. The highest BCUT2D eigenvalue weighted by Crippen LogP contribution is 2.26. The minimum atomic E-state index is -2.86. The second-order valence-corrected chi connectivity index (χ2v) is 4.43. The third kappa shape index (κ3) is 4.77. The number of carbonyl (C=O) groups is 1. The molecule has 20 heavy (non-hydrogen) atoms. The first-order valence-corrected chi connectivity index (χ1v) is 6.46. The molecule has 1 atom stereocenters. The average molecular weight is 286 g/mol. The number of benzene rings is 1. The summed E-state index contributed by atoms with van der Waals surface area (Å²) in [6.07, 6.45) is 0. The molecule has 0 spiro atoms. The molecule has 1 aromatic carbocycles. The van der Waals surface area contributed by atoms with E-state index in [1.54, 1.807) is 37.1 Å². The van der Waals surface area contributed by atoms with Crippen LogP contribution in [0.1, 0.15) is 25.5 Å². The molecule has 6 heteroatoms. The van der Waals surface area contributed by atoms with Crippen LogP contribution in [0.4, 0.5) is 8.78 Å². The normalized spacial score (nSPS) is 12.3. The van der Waals surface area contributed by atoms with Gasteiger partial charge in [0.2, 0.25) is 5.91 Å². The zero-order valence-corrected chi connectivity index (χ0v) is 11.9. The molecule has 0 bridgehead atoms. The first kappa shape index (κ1) is 16.4. The van der Waals surface area contributed by atoms with E-state index in [-0.39, 0.29) is 24.2 Å². The summed E-state index contributed by atoms with van der Waals surface area (Å²) in [5.41, 5.74) is 0.597. The van der Waals surface area contributed by atoms with Gasteiger partial charge in [0.1, 0.15) is 5.75 Å². The van der Waals surface area contributed by atoms with Crippen molar-refractivity contribution in [3.63, 3.8) is 0 Å². The zero-order chi connectivity index (χ0) is 15.1. The van der Waals surface area contributed by atoms with E-state index in [1.165, 1.54) is 6.07 Å². The molecule has 0 radical (unpaired) electrons. The molecule has 0 aliphatic carbocycles. The van der Waals surface area contributed by atoms with Crippen LogP contribution in [0.3, 0.4) is 0 Å². The Morgan fingerprint density at radius 2 is 2.05 bits per heavy atom. The van der Waals surface area contributed by atoms with Gasteiger partial charge in [-0.1, -0.05) is 18.2 Å². The van der Waals surface area contributed by atoms with Gasteiger partial charge in [0, 0.05) is 25.2 Å². The molecule has 1 unspecified atom stereocenters. The van der Waals surface area contributed by atoms with Crippen molar-refractivity contribution >= 4 is 5.91 Å². The highest BCUT2D eigenvalue weighted by molar-refractivity contribution is 5.77. The summed E-state index contributed by atoms with van der Waals surface area (Å²) in [7, 11) is 1.71. The molecule has 1 aromatic rings. The maximum absolute atomic E-state index is 12.3. The second kappa shape index (κ2) is 7.79. The summed E-state index contributed by atoms with van der Waals surface area (Å²) in [5.74, 6) is 0.0744. The van der Waals surface area contributed by atoms with Crippen molar-refractivity contribution in [3.05, 3.63) is 29.8 Å². The van der Waals surface area contributed by atoms with Crippen molar-refractivity contribution in [2.45, 2.75) is 26.5 Å². The molecule has 1 amide bonds. The highest BCUT2D eigenvalue weighted by atomic mass is 19.3. The van der Waals surface area contributed by atoms with E-state index in [0.29, 0.717) is 12.1 Å². The molecular weight excluding hydrogens is 266 g/mol. The lowest BCUT2D eigenvalue weighted by atomic mass is 10.1. The SMILES string of the molecule is CCN(C)C(=O)CNC(C)c1ccccc1OC(F)F. The van der Waals surface area contributed by atoms with Crippen LogP contribution >= 0.6 is 0 Å². The highest BCUT2D eigenvalue weighted by Gasteiger charge is 2.15. The van der Waals surface area contributed by atoms with Gasteiger partial charge in [0.05, 0.1) is 6.54 Å². The third-order valence-electron chi connectivity index (χ3n) is 3.06. The summed E-state index contributed by atoms with van der Waals surface area (Å²) >= 11 is 0. The fourth-order valence-electron chi connectivity index (χ4n) is 1.70. The predicted octanol–water partition coefficient (Wildman–Crippen LogP) is 2.42. The number of hydrogen-bond donors (Lipinski definition) is 1. The summed E-state index contributed by atoms with van der Waals surface area (Å²) in [6, 6.07) is 6.29. The monoisotopic (exact) mass is 286 g/mol. The van der Waals surface area contributed by atoms with Gasteiger partial charge in [0.25, 0.3) is 0 Å². The van der Waals surface area contributed by atoms with Crippen LogP contribution in [-0.4, -0.2) is 37.6 Å². The van der Waals surface area contributed by atoms with E-state index >= 15 is 0 Å². The zero-order valence-electron chi connectivity index (χ0n) is 11.9. The Bertz CT molecular complexity index is 441. The van der Waals surface area contributed by atoms with Crippen LogP contribution in [0, 0.1) is 0 Å². The smallest absolute Gasteiger partial charge is 0.387 e. The van der Waals surface area contributed by atoms with Crippen molar-refractivity contribution < 1.29 is 18.3 Å². The number of nitrogens with zero attached hydrogens (tertiary/aromatic N) is 1. The molecule has 0 aliphatic rings. The Morgan fingerprint density at radius 1 is 1.40 bits per heavy atom. The number of ether oxygens (including phenoxy) is 1. The number of rotatable bonds is 7. The van der Waals surface area contributed by atoms with E-state index in [1.807, 2.05) is 6.92 Å². The fourth-order valence-corrected chi connectivity index (χ4v) is 1.70. The number of hydrogen-bond acceptors (Lipinski definition) is 3. The van der Waals surface area contributed by atoms with Crippen LogP contribution in [0.2, 0.25) is 0 Å². The van der Waals surface area contributed by atoms with Crippen molar-refractivity contribution in [3.8, 4) is 5.75 Å². The molecule has 0 aliphatic heterocycles. The van der Waals surface area contributed by atoms with Crippen molar-refractivity contribution in [1.29, 1.82) is 0 Å². The number of halogens is 2. The van der Waals surface area contributed by atoms with Gasteiger partial charge in [0.15, 0.2) is 0 Å². The lowest BCUT2D eigenvalue weighted by Crippen LogP contribution is -2.36. The first-order valence-electron chi connectivity index (χ1n) is 6.46. The maximum atomic E-state index is 12.3. The fraction of sp³-hybridized carbons (Fsp3) is 0.500. The lowest BCUT2D eigenvalue weighted by Gasteiger charge is -2.20. The Balaban J connectivity index is 2.67. The van der Waals surface area contributed by atoms with Crippen LogP contribution < -0.4 is 10.1 Å². The molecule has 0 fully saturated rings.